The number of likely N-dealkylation sites (N-methyl/N-ethyl adjacent to an activating group) is 1. The molecule has 11 heteroatoms. The van der Waals surface area contributed by atoms with Gasteiger partial charge in [-0.15, -0.1) is 0 Å². The minimum atomic E-state index is -0.832. The molecule has 0 aromatic heterocycles. The lowest BCUT2D eigenvalue weighted by Gasteiger charge is -2.33. The van der Waals surface area contributed by atoms with E-state index in [9.17, 15) is 25.0 Å². The molecule has 0 atom stereocenters. The Bertz CT molecular complexity index is 620. The summed E-state index contributed by atoms with van der Waals surface area (Å²) >= 11 is 0. The fraction of sp³-hybridized carbons (Fsp3) is 0.417. The van der Waals surface area contributed by atoms with Gasteiger partial charge in [-0.25, -0.2) is 5.84 Å². The molecule has 0 unspecified atom stereocenters. The highest BCUT2D eigenvalue weighted by molar-refractivity contribution is 5.97. The smallest absolute Gasteiger partial charge is 0.300 e. The Labute approximate surface area is 130 Å². The van der Waals surface area contributed by atoms with Crippen LogP contribution in [0.15, 0.2) is 12.1 Å². The molecule has 0 radical (unpaired) electrons. The van der Waals surface area contributed by atoms with E-state index < -0.39 is 27.1 Å². The zero-order valence-corrected chi connectivity index (χ0v) is 12.4. The molecule has 1 heterocycles. The number of nitrogens with zero attached hydrogens (tertiary/aromatic N) is 4. The number of carbonyl (C=O) groups is 1. The number of anilines is 1. The third-order valence-electron chi connectivity index (χ3n) is 3.68. The van der Waals surface area contributed by atoms with Crippen LogP contribution in [0.1, 0.15) is 10.4 Å². The summed E-state index contributed by atoms with van der Waals surface area (Å²) in [6.07, 6.45) is 0. The van der Waals surface area contributed by atoms with E-state index in [4.69, 9.17) is 5.84 Å². The standard InChI is InChI=1S/C12H16N6O5/c1-15-2-4-16(5-3-15)11-9(17(20)21)6-8(12(19)14-13)7-10(11)18(22)23/h6-7H,2-5,13H2,1H3,(H,14,19). The number of nitro groups is 2. The molecule has 1 amide bonds. The number of nitro benzene ring substituents is 2. The first kappa shape index (κ1) is 16.6. The summed E-state index contributed by atoms with van der Waals surface area (Å²) in [5.74, 6) is 4.17. The van der Waals surface area contributed by atoms with Crippen molar-refractivity contribution in [3.63, 3.8) is 0 Å². The number of nitrogen functional groups attached to an aromatic ring is 1. The molecular weight excluding hydrogens is 308 g/mol. The minimum Gasteiger partial charge on any atom is -0.358 e. The molecule has 1 aromatic carbocycles. The lowest BCUT2D eigenvalue weighted by atomic mass is 10.1. The minimum absolute atomic E-state index is 0.0818. The van der Waals surface area contributed by atoms with Crippen molar-refractivity contribution in [1.82, 2.24) is 10.3 Å². The molecule has 1 aliphatic heterocycles. The van der Waals surface area contributed by atoms with Crippen molar-refractivity contribution in [1.29, 1.82) is 0 Å². The first-order valence-electron chi connectivity index (χ1n) is 6.76. The van der Waals surface area contributed by atoms with Crippen molar-refractivity contribution in [3.05, 3.63) is 37.9 Å². The number of benzene rings is 1. The normalized spacial score (nSPS) is 15.3. The van der Waals surface area contributed by atoms with Crippen LogP contribution in [-0.4, -0.2) is 53.9 Å². The topological polar surface area (TPSA) is 148 Å². The summed E-state index contributed by atoms with van der Waals surface area (Å²) in [5.41, 5.74) is 0.532. The van der Waals surface area contributed by atoms with Crippen molar-refractivity contribution in [2.75, 3.05) is 38.1 Å². The molecular formula is C12H16N6O5. The third kappa shape index (κ3) is 3.35. The first-order chi connectivity index (χ1) is 10.8. The van der Waals surface area contributed by atoms with E-state index in [2.05, 4.69) is 0 Å². The van der Waals surface area contributed by atoms with Crippen molar-refractivity contribution in [2.45, 2.75) is 0 Å². The van der Waals surface area contributed by atoms with Crippen molar-refractivity contribution in [3.8, 4) is 0 Å². The number of nitrogens with two attached hydrogens (primary N) is 1. The highest BCUT2D eigenvalue weighted by Crippen LogP contribution is 2.39. The molecule has 0 spiro atoms. The predicted octanol–water partition coefficient (Wildman–Crippen LogP) is -0.142. The van der Waals surface area contributed by atoms with Crippen LogP contribution < -0.4 is 16.2 Å². The Morgan fingerprint density at radius 2 is 1.61 bits per heavy atom. The maximum Gasteiger partial charge on any atom is 0.300 e. The highest BCUT2D eigenvalue weighted by Gasteiger charge is 2.33. The van der Waals surface area contributed by atoms with E-state index in [-0.39, 0.29) is 11.3 Å². The van der Waals surface area contributed by atoms with E-state index in [0.29, 0.717) is 26.2 Å². The molecule has 124 valence electrons. The second kappa shape index (κ2) is 6.54. The summed E-state index contributed by atoms with van der Waals surface area (Å²) < 4.78 is 0. The Balaban J connectivity index is 2.60. The fourth-order valence-electron chi connectivity index (χ4n) is 2.45. The first-order valence-corrected chi connectivity index (χ1v) is 6.76. The maximum absolute atomic E-state index is 11.6. The van der Waals surface area contributed by atoms with Crippen molar-refractivity contribution >= 4 is 23.0 Å². The van der Waals surface area contributed by atoms with Gasteiger partial charge in [-0.3, -0.25) is 30.4 Å². The number of nitrogens with one attached hydrogen (secondary N) is 1. The van der Waals surface area contributed by atoms with Crippen LogP contribution in [0.2, 0.25) is 0 Å². The number of hydrazine groups is 1. The molecule has 0 bridgehead atoms. The number of hydrogen-bond acceptors (Lipinski definition) is 8. The largest absolute Gasteiger partial charge is 0.358 e. The fourth-order valence-corrected chi connectivity index (χ4v) is 2.45. The van der Waals surface area contributed by atoms with Crippen molar-refractivity contribution in [2.24, 2.45) is 5.84 Å². The maximum atomic E-state index is 11.6. The molecule has 23 heavy (non-hydrogen) atoms. The quantitative estimate of drug-likeness (QED) is 0.336. The number of rotatable bonds is 4. The van der Waals surface area contributed by atoms with Gasteiger partial charge in [-0.2, -0.15) is 0 Å². The molecule has 1 saturated heterocycles. The van der Waals surface area contributed by atoms with Gasteiger partial charge < -0.3 is 9.80 Å². The molecule has 2 rings (SSSR count). The summed E-state index contributed by atoms with van der Waals surface area (Å²) in [6, 6.07) is 2.01. The SMILES string of the molecule is CN1CCN(c2c([N+](=O)[O-])cc(C(=O)NN)cc2[N+](=O)[O-])CC1. The van der Waals surface area contributed by atoms with Crippen LogP contribution in [0, 0.1) is 20.2 Å². The van der Waals surface area contributed by atoms with Gasteiger partial charge in [0.15, 0.2) is 5.69 Å². The van der Waals surface area contributed by atoms with E-state index >= 15 is 0 Å². The summed E-state index contributed by atoms with van der Waals surface area (Å²) in [4.78, 5) is 36.5. The second-order valence-electron chi connectivity index (χ2n) is 5.14. The molecule has 3 N–H and O–H groups in total. The summed E-state index contributed by atoms with van der Waals surface area (Å²) in [6.45, 7) is 2.08. The van der Waals surface area contributed by atoms with Gasteiger partial charge in [-0.1, -0.05) is 0 Å². The molecule has 1 aromatic rings. The highest BCUT2D eigenvalue weighted by atomic mass is 16.6. The molecule has 0 saturated carbocycles. The van der Waals surface area contributed by atoms with E-state index in [0.717, 1.165) is 12.1 Å². The molecule has 1 fully saturated rings. The van der Waals surface area contributed by atoms with Crippen LogP contribution in [0.4, 0.5) is 17.1 Å². The van der Waals surface area contributed by atoms with Crippen molar-refractivity contribution < 1.29 is 14.6 Å². The molecule has 1 aliphatic rings. The number of carbonyl (C=O) groups excluding carboxylic acids is 1. The average Bonchev–Trinajstić information content (AvgIpc) is 2.53. The zero-order chi connectivity index (χ0) is 17.1. The lowest BCUT2D eigenvalue weighted by molar-refractivity contribution is -0.392. The Morgan fingerprint density at radius 1 is 1.13 bits per heavy atom. The van der Waals surface area contributed by atoms with E-state index in [1.165, 1.54) is 0 Å². The van der Waals surface area contributed by atoms with Crippen LogP contribution in [0.3, 0.4) is 0 Å². The number of piperazine rings is 1. The number of amides is 1. The lowest BCUT2D eigenvalue weighted by Crippen LogP contribution is -2.45. The average molecular weight is 324 g/mol. The van der Waals surface area contributed by atoms with Gasteiger partial charge in [0.05, 0.1) is 15.4 Å². The van der Waals surface area contributed by atoms with Gasteiger partial charge in [0.25, 0.3) is 17.3 Å². The number of hydrogen-bond donors (Lipinski definition) is 2. The predicted molar refractivity (Wildman–Crippen MR) is 81.1 cm³/mol. The van der Waals surface area contributed by atoms with E-state index in [1.54, 1.807) is 4.90 Å². The zero-order valence-electron chi connectivity index (χ0n) is 12.4. The van der Waals surface area contributed by atoms with Crippen LogP contribution in [0.25, 0.3) is 0 Å². The Hall–Kier alpha value is -2.79. The van der Waals surface area contributed by atoms with Gasteiger partial charge >= 0.3 is 0 Å². The van der Waals surface area contributed by atoms with Gasteiger partial charge in [-0.05, 0) is 7.05 Å². The van der Waals surface area contributed by atoms with Gasteiger partial charge in [0, 0.05) is 38.3 Å². The Morgan fingerprint density at radius 3 is 2.00 bits per heavy atom. The van der Waals surface area contributed by atoms with Gasteiger partial charge in [0.1, 0.15) is 0 Å². The van der Waals surface area contributed by atoms with Crippen LogP contribution in [0.5, 0.6) is 0 Å². The summed E-state index contributed by atoms with van der Waals surface area (Å²) in [7, 11) is 1.90. The molecule has 0 aliphatic carbocycles. The van der Waals surface area contributed by atoms with Crippen LogP contribution in [-0.2, 0) is 0 Å². The Kier molecular flexibility index (Phi) is 4.71. The second-order valence-corrected chi connectivity index (χ2v) is 5.14. The monoisotopic (exact) mass is 324 g/mol. The molecule has 11 nitrogen and oxygen atoms in total. The van der Waals surface area contributed by atoms with Crippen LogP contribution >= 0.6 is 0 Å². The van der Waals surface area contributed by atoms with E-state index in [1.807, 2.05) is 17.4 Å². The van der Waals surface area contributed by atoms with Gasteiger partial charge in [0.2, 0.25) is 0 Å². The third-order valence-corrected chi connectivity index (χ3v) is 3.68. The summed E-state index contributed by atoms with van der Waals surface area (Å²) in [5, 5.41) is 22.7.